The number of aromatic nitrogens is 6. The van der Waals surface area contributed by atoms with Gasteiger partial charge in [-0.1, -0.05) is 23.3 Å². The summed E-state index contributed by atoms with van der Waals surface area (Å²) in [5, 5.41) is 22.0. The molecule has 10 nitrogen and oxygen atoms in total. The van der Waals surface area contributed by atoms with E-state index >= 15 is 0 Å². The summed E-state index contributed by atoms with van der Waals surface area (Å²) in [6.07, 6.45) is 0. The van der Waals surface area contributed by atoms with Gasteiger partial charge in [0.2, 0.25) is 5.95 Å². The molecule has 5 rings (SSSR count). The number of benzene rings is 2. The molecule has 10 heteroatoms. The molecular formula is C21H19N7O3. The van der Waals surface area contributed by atoms with Crippen molar-refractivity contribution < 1.29 is 9.47 Å². The predicted octanol–water partition coefficient (Wildman–Crippen LogP) is 2.53. The van der Waals surface area contributed by atoms with E-state index in [1.165, 1.54) is 0 Å². The average Bonchev–Trinajstić information content (AvgIpc) is 3.27. The monoisotopic (exact) mass is 417 g/mol. The molecule has 0 saturated heterocycles. The Balaban J connectivity index is 1.76. The van der Waals surface area contributed by atoms with Gasteiger partial charge in [0.25, 0.3) is 5.56 Å². The molecule has 0 bridgehead atoms. The minimum atomic E-state index is -0.520. The van der Waals surface area contributed by atoms with E-state index in [0.717, 1.165) is 16.9 Å². The van der Waals surface area contributed by atoms with Crippen molar-refractivity contribution in [1.29, 1.82) is 0 Å². The van der Waals surface area contributed by atoms with Crippen molar-refractivity contribution in [3.63, 3.8) is 0 Å². The lowest BCUT2D eigenvalue weighted by atomic mass is 9.92. The van der Waals surface area contributed by atoms with E-state index in [2.05, 4.69) is 31.0 Å². The molecule has 0 fully saturated rings. The fourth-order valence-corrected chi connectivity index (χ4v) is 3.81. The summed E-state index contributed by atoms with van der Waals surface area (Å²) < 4.78 is 12.8. The van der Waals surface area contributed by atoms with E-state index in [1.807, 2.05) is 55.5 Å². The van der Waals surface area contributed by atoms with Gasteiger partial charge in [0.1, 0.15) is 23.2 Å². The lowest BCUT2D eigenvalue weighted by molar-refractivity contribution is 0.340. The standard InChI is InChI=1S/C21H19N7O3/c1-3-31-13-10-8-12(9-11-13)17-16-18(20(29)24-23-17)22-21-25-26-27-28(21)19(16)14-6-4-5-7-15(14)30-2/h4-11,19H,3H2,1-2H3,(H,24,29)(H,22,25,27). The van der Waals surface area contributed by atoms with Crippen LogP contribution in [0.15, 0.2) is 53.3 Å². The van der Waals surface area contributed by atoms with Crippen LogP contribution < -0.4 is 20.3 Å². The van der Waals surface area contributed by atoms with Crippen molar-refractivity contribution in [2.75, 3.05) is 19.0 Å². The largest absolute Gasteiger partial charge is 0.496 e. The van der Waals surface area contributed by atoms with E-state index in [4.69, 9.17) is 9.47 Å². The second kappa shape index (κ2) is 7.56. The molecule has 0 spiro atoms. The highest BCUT2D eigenvalue weighted by atomic mass is 16.5. The quantitative estimate of drug-likeness (QED) is 0.448. The van der Waals surface area contributed by atoms with Gasteiger partial charge in [-0.3, -0.25) is 4.79 Å². The van der Waals surface area contributed by atoms with Crippen LogP contribution in [0.3, 0.4) is 0 Å². The van der Waals surface area contributed by atoms with Crippen molar-refractivity contribution >= 4 is 11.6 Å². The summed E-state index contributed by atoms with van der Waals surface area (Å²) in [6, 6.07) is 14.6. The van der Waals surface area contributed by atoms with E-state index in [9.17, 15) is 4.79 Å². The number of methoxy groups -OCH3 is 1. The number of rotatable bonds is 5. The van der Waals surface area contributed by atoms with Crippen LogP contribution in [0.5, 0.6) is 11.5 Å². The van der Waals surface area contributed by atoms with Gasteiger partial charge in [-0.2, -0.15) is 9.78 Å². The van der Waals surface area contributed by atoms with E-state index in [1.54, 1.807) is 11.8 Å². The summed E-state index contributed by atoms with van der Waals surface area (Å²) in [5.74, 6) is 1.77. The molecule has 2 N–H and O–H groups in total. The first kappa shape index (κ1) is 18.8. The normalized spacial score (nSPS) is 14.3. The summed E-state index contributed by atoms with van der Waals surface area (Å²) in [7, 11) is 1.60. The second-order valence-corrected chi connectivity index (χ2v) is 6.86. The number of hydrogen-bond donors (Lipinski definition) is 2. The molecule has 2 aromatic carbocycles. The van der Waals surface area contributed by atoms with Crippen molar-refractivity contribution in [3.05, 3.63) is 70.0 Å². The Morgan fingerprint density at radius 1 is 1.13 bits per heavy atom. The molecule has 0 radical (unpaired) electrons. The molecular weight excluding hydrogens is 398 g/mol. The molecule has 2 aromatic heterocycles. The zero-order valence-corrected chi connectivity index (χ0v) is 16.9. The number of fused-ring (bicyclic) bond motifs is 2. The SMILES string of the molecule is CCOc1ccc(-c2n[nH]c(=O)c3c2C(c2ccccc2OC)n2nnnc2N3)cc1. The number of nitrogens with zero attached hydrogens (tertiary/aromatic N) is 5. The number of aromatic amines is 1. The van der Waals surface area contributed by atoms with Crippen LogP contribution >= 0.6 is 0 Å². The van der Waals surface area contributed by atoms with E-state index < -0.39 is 6.04 Å². The molecule has 31 heavy (non-hydrogen) atoms. The van der Waals surface area contributed by atoms with Crippen molar-refractivity contribution in [2.24, 2.45) is 0 Å². The number of anilines is 2. The highest BCUT2D eigenvalue weighted by Gasteiger charge is 2.35. The van der Waals surface area contributed by atoms with E-state index in [0.29, 0.717) is 35.2 Å². The Morgan fingerprint density at radius 2 is 1.94 bits per heavy atom. The fraction of sp³-hybridized carbons (Fsp3) is 0.190. The third kappa shape index (κ3) is 3.08. The third-order valence-corrected chi connectivity index (χ3v) is 5.14. The van der Waals surface area contributed by atoms with Gasteiger partial charge in [0, 0.05) is 16.7 Å². The molecule has 0 saturated carbocycles. The van der Waals surface area contributed by atoms with Crippen LogP contribution in [-0.4, -0.2) is 44.1 Å². The second-order valence-electron chi connectivity index (χ2n) is 6.86. The maximum atomic E-state index is 12.7. The molecule has 4 aromatic rings. The summed E-state index contributed by atoms with van der Waals surface area (Å²) in [6.45, 7) is 2.51. The Morgan fingerprint density at radius 3 is 2.71 bits per heavy atom. The van der Waals surface area contributed by atoms with Gasteiger partial charge in [0.05, 0.1) is 19.4 Å². The molecule has 1 unspecified atom stereocenters. The minimum absolute atomic E-state index is 0.345. The fourth-order valence-electron chi connectivity index (χ4n) is 3.81. The maximum Gasteiger partial charge on any atom is 0.288 e. The predicted molar refractivity (Wildman–Crippen MR) is 113 cm³/mol. The maximum absolute atomic E-state index is 12.7. The Hall–Kier alpha value is -4.21. The van der Waals surface area contributed by atoms with Gasteiger partial charge in [-0.05, 0) is 47.7 Å². The average molecular weight is 417 g/mol. The minimum Gasteiger partial charge on any atom is -0.496 e. The van der Waals surface area contributed by atoms with Crippen LogP contribution in [0, 0.1) is 0 Å². The molecule has 0 amide bonds. The van der Waals surface area contributed by atoms with Crippen LogP contribution in [-0.2, 0) is 0 Å². The van der Waals surface area contributed by atoms with Crippen LogP contribution in [0.25, 0.3) is 11.3 Å². The van der Waals surface area contributed by atoms with Gasteiger partial charge in [-0.25, -0.2) is 5.10 Å². The number of para-hydroxylation sites is 1. The molecule has 0 aliphatic carbocycles. The summed E-state index contributed by atoms with van der Waals surface area (Å²) >= 11 is 0. The van der Waals surface area contributed by atoms with Gasteiger partial charge >= 0.3 is 0 Å². The third-order valence-electron chi connectivity index (χ3n) is 5.14. The molecule has 156 valence electrons. The van der Waals surface area contributed by atoms with E-state index in [-0.39, 0.29) is 5.56 Å². The first-order chi connectivity index (χ1) is 15.2. The zero-order chi connectivity index (χ0) is 21.4. The topological polar surface area (TPSA) is 120 Å². The summed E-state index contributed by atoms with van der Waals surface area (Å²) in [5.41, 5.74) is 2.85. The lowest BCUT2D eigenvalue weighted by Crippen LogP contribution is -2.29. The molecule has 1 aliphatic heterocycles. The molecule has 3 heterocycles. The van der Waals surface area contributed by atoms with Crippen LogP contribution in [0.4, 0.5) is 11.6 Å². The highest BCUT2D eigenvalue weighted by Crippen LogP contribution is 2.43. The van der Waals surface area contributed by atoms with Gasteiger partial charge < -0.3 is 14.8 Å². The van der Waals surface area contributed by atoms with Crippen molar-refractivity contribution in [3.8, 4) is 22.8 Å². The van der Waals surface area contributed by atoms with Crippen LogP contribution in [0.2, 0.25) is 0 Å². The number of ether oxygens (including phenoxy) is 2. The highest BCUT2D eigenvalue weighted by molar-refractivity contribution is 5.76. The zero-order valence-electron chi connectivity index (χ0n) is 16.9. The Labute approximate surface area is 176 Å². The Kier molecular flexibility index (Phi) is 4.58. The molecule has 1 atom stereocenters. The van der Waals surface area contributed by atoms with Crippen molar-refractivity contribution in [1.82, 2.24) is 30.4 Å². The number of H-pyrrole nitrogens is 1. The number of tetrazole rings is 1. The number of nitrogens with one attached hydrogen (secondary N) is 2. The first-order valence-corrected chi connectivity index (χ1v) is 9.75. The van der Waals surface area contributed by atoms with Crippen LogP contribution in [0.1, 0.15) is 24.1 Å². The smallest absolute Gasteiger partial charge is 0.288 e. The van der Waals surface area contributed by atoms with Gasteiger partial charge in [-0.15, -0.1) is 0 Å². The molecule has 1 aliphatic rings. The van der Waals surface area contributed by atoms with Crippen molar-refractivity contribution in [2.45, 2.75) is 13.0 Å². The summed E-state index contributed by atoms with van der Waals surface area (Å²) in [4.78, 5) is 12.7. The Bertz CT molecular complexity index is 1300. The first-order valence-electron chi connectivity index (χ1n) is 9.75. The lowest BCUT2D eigenvalue weighted by Gasteiger charge is -2.28. The number of hydrogen-bond acceptors (Lipinski definition) is 8. The van der Waals surface area contributed by atoms with Gasteiger partial charge in [0.15, 0.2) is 0 Å².